The van der Waals surface area contributed by atoms with Crippen molar-refractivity contribution in [3.05, 3.63) is 41.7 Å². The summed E-state index contributed by atoms with van der Waals surface area (Å²) in [6.07, 6.45) is 5.14. The van der Waals surface area contributed by atoms with Crippen LogP contribution in [0, 0.1) is 18.3 Å². The number of hydrogen-bond acceptors (Lipinski definition) is 6. The molecule has 1 fully saturated rings. The van der Waals surface area contributed by atoms with Gasteiger partial charge in [0, 0.05) is 48.1 Å². The summed E-state index contributed by atoms with van der Waals surface area (Å²) in [6.45, 7) is 8.38. The van der Waals surface area contributed by atoms with Crippen LogP contribution in [0.3, 0.4) is 0 Å². The first kappa shape index (κ1) is 22.1. The first-order valence-electron chi connectivity index (χ1n) is 11.5. The second-order valence-electron chi connectivity index (χ2n) is 9.00. The monoisotopic (exact) mass is 431 g/mol. The lowest BCUT2D eigenvalue weighted by Crippen LogP contribution is -2.41. The number of nitriles is 1. The van der Waals surface area contributed by atoms with Crippen LogP contribution in [0.5, 0.6) is 0 Å². The summed E-state index contributed by atoms with van der Waals surface area (Å²) in [6, 6.07) is 11.7. The van der Waals surface area contributed by atoms with Crippen LogP contribution < -0.4 is 10.2 Å². The van der Waals surface area contributed by atoms with Crippen LogP contribution in [0.2, 0.25) is 0 Å². The predicted octanol–water partition coefficient (Wildman–Crippen LogP) is 4.86. The van der Waals surface area contributed by atoms with E-state index in [1.54, 1.807) is 0 Å². The van der Waals surface area contributed by atoms with E-state index < -0.39 is 0 Å². The summed E-state index contributed by atoms with van der Waals surface area (Å²) in [5.41, 5.74) is 4.63. The highest BCUT2D eigenvalue weighted by molar-refractivity contribution is 5.83. The number of rotatable bonds is 6. The van der Waals surface area contributed by atoms with Gasteiger partial charge >= 0.3 is 0 Å². The van der Waals surface area contributed by atoms with Gasteiger partial charge in [0.2, 0.25) is 5.95 Å². The van der Waals surface area contributed by atoms with E-state index in [0.29, 0.717) is 17.7 Å². The van der Waals surface area contributed by atoms with E-state index in [1.165, 1.54) is 18.5 Å². The van der Waals surface area contributed by atoms with Gasteiger partial charge in [-0.2, -0.15) is 10.2 Å². The van der Waals surface area contributed by atoms with E-state index >= 15 is 0 Å². The molecule has 1 aliphatic rings. The molecule has 1 aromatic carbocycles. The number of anilines is 3. The quantitative estimate of drug-likeness (QED) is 0.601. The van der Waals surface area contributed by atoms with Crippen LogP contribution in [-0.4, -0.2) is 52.7 Å². The van der Waals surface area contributed by atoms with Crippen molar-refractivity contribution in [3.63, 3.8) is 0 Å². The van der Waals surface area contributed by atoms with Gasteiger partial charge in [0.25, 0.3) is 0 Å². The number of aromatic nitrogens is 3. The Hall–Kier alpha value is -3.11. The Morgan fingerprint density at radius 2 is 1.91 bits per heavy atom. The number of benzene rings is 1. The van der Waals surface area contributed by atoms with E-state index in [-0.39, 0.29) is 6.04 Å². The third kappa shape index (κ3) is 4.15. The van der Waals surface area contributed by atoms with Crippen molar-refractivity contribution in [2.75, 3.05) is 37.4 Å². The van der Waals surface area contributed by atoms with Crippen molar-refractivity contribution in [3.8, 4) is 6.07 Å². The molecule has 1 aliphatic heterocycles. The molecule has 32 heavy (non-hydrogen) atoms. The first-order chi connectivity index (χ1) is 15.4. The molecule has 3 heterocycles. The molecule has 0 bridgehead atoms. The fourth-order valence-electron chi connectivity index (χ4n) is 4.57. The zero-order valence-corrected chi connectivity index (χ0v) is 19.8. The molecule has 3 aromatic rings. The Balaban J connectivity index is 1.53. The van der Waals surface area contributed by atoms with E-state index in [2.05, 4.69) is 78.4 Å². The maximum Gasteiger partial charge on any atom is 0.229 e. The van der Waals surface area contributed by atoms with Gasteiger partial charge in [-0.25, -0.2) is 4.98 Å². The van der Waals surface area contributed by atoms with Gasteiger partial charge in [-0.05, 0) is 77.0 Å². The summed E-state index contributed by atoms with van der Waals surface area (Å²) >= 11 is 0. The average molecular weight is 432 g/mol. The second kappa shape index (κ2) is 9.17. The minimum absolute atomic E-state index is 0.194. The second-order valence-corrected chi connectivity index (χ2v) is 9.00. The van der Waals surface area contributed by atoms with E-state index in [4.69, 9.17) is 4.98 Å². The van der Waals surface area contributed by atoms with Crippen LogP contribution in [-0.2, 0) is 0 Å². The summed E-state index contributed by atoms with van der Waals surface area (Å²) in [5, 5.41) is 14.0. The van der Waals surface area contributed by atoms with Gasteiger partial charge < -0.3 is 19.7 Å². The van der Waals surface area contributed by atoms with Crippen molar-refractivity contribution in [2.45, 2.75) is 52.1 Å². The molecule has 1 atom stereocenters. The van der Waals surface area contributed by atoms with E-state index in [1.807, 2.05) is 17.7 Å². The summed E-state index contributed by atoms with van der Waals surface area (Å²) in [4.78, 5) is 14.1. The molecule has 1 unspecified atom stereocenters. The minimum Gasteiger partial charge on any atom is -0.371 e. The lowest BCUT2D eigenvalue weighted by Gasteiger charge is -2.36. The minimum atomic E-state index is 0.194. The number of aryl methyl sites for hydroxylation is 1. The van der Waals surface area contributed by atoms with E-state index in [9.17, 15) is 5.26 Å². The first-order valence-corrected chi connectivity index (χ1v) is 11.5. The van der Waals surface area contributed by atoms with Crippen molar-refractivity contribution in [2.24, 2.45) is 0 Å². The highest BCUT2D eigenvalue weighted by atomic mass is 15.2. The molecule has 0 spiro atoms. The summed E-state index contributed by atoms with van der Waals surface area (Å²) < 4.78 is 2.04. The van der Waals surface area contributed by atoms with Crippen molar-refractivity contribution in [1.82, 2.24) is 19.4 Å². The summed E-state index contributed by atoms with van der Waals surface area (Å²) in [5.74, 6) is 0.545. The van der Waals surface area contributed by atoms with Crippen molar-refractivity contribution in [1.29, 1.82) is 5.26 Å². The van der Waals surface area contributed by atoms with Crippen LogP contribution in [0.15, 0.2) is 30.5 Å². The third-order valence-electron chi connectivity index (χ3n) is 6.82. The molecule has 0 radical (unpaired) electrons. The number of hydrogen-bond donors (Lipinski definition) is 1. The highest BCUT2D eigenvalue weighted by Crippen LogP contribution is 2.30. The molecule has 0 amide bonds. The molecule has 0 aliphatic carbocycles. The fraction of sp³-hybridized carbons (Fsp3) is 0.480. The molecular weight excluding hydrogens is 398 g/mol. The molecule has 7 heteroatoms. The lowest BCUT2D eigenvalue weighted by molar-refractivity contribution is 0.249. The van der Waals surface area contributed by atoms with Gasteiger partial charge in [0.05, 0.1) is 0 Å². The molecule has 0 saturated carbocycles. The molecule has 1 N–H and O–H groups in total. The SMILES string of the molecule is CCC(C)n1c(C#N)c(C)c2cnc(Nc3ccc(N4CCC(N(C)C)CC4)cc3)nc21. The van der Waals surface area contributed by atoms with Gasteiger partial charge in [-0.1, -0.05) is 6.92 Å². The van der Waals surface area contributed by atoms with Gasteiger partial charge in [-0.3, -0.25) is 0 Å². The number of nitrogens with one attached hydrogen (secondary N) is 1. The topological polar surface area (TPSA) is 73.0 Å². The average Bonchev–Trinajstić information content (AvgIpc) is 3.10. The standard InChI is InChI=1S/C25H33N7/c1-6-17(2)32-23(15-26)18(3)22-16-27-25(29-24(22)32)28-19-7-9-21(10-8-19)31-13-11-20(12-14-31)30(4)5/h7-10,16-17,20H,6,11-14H2,1-5H3,(H,27,28,29). The smallest absolute Gasteiger partial charge is 0.229 e. The molecule has 7 nitrogen and oxygen atoms in total. The highest BCUT2D eigenvalue weighted by Gasteiger charge is 2.21. The molecule has 168 valence electrons. The predicted molar refractivity (Wildman–Crippen MR) is 131 cm³/mol. The molecule has 1 saturated heterocycles. The third-order valence-corrected chi connectivity index (χ3v) is 6.82. The zero-order valence-electron chi connectivity index (χ0n) is 19.8. The van der Waals surface area contributed by atoms with Crippen LogP contribution in [0.1, 0.15) is 50.4 Å². The Kier molecular flexibility index (Phi) is 6.33. The van der Waals surface area contributed by atoms with Crippen LogP contribution >= 0.6 is 0 Å². The van der Waals surface area contributed by atoms with Crippen LogP contribution in [0.4, 0.5) is 17.3 Å². The summed E-state index contributed by atoms with van der Waals surface area (Å²) in [7, 11) is 4.34. The largest absolute Gasteiger partial charge is 0.371 e. The Labute approximate surface area is 190 Å². The maximum absolute atomic E-state index is 9.68. The van der Waals surface area contributed by atoms with Crippen molar-refractivity contribution >= 4 is 28.4 Å². The Morgan fingerprint density at radius 1 is 1.22 bits per heavy atom. The van der Waals surface area contributed by atoms with Crippen LogP contribution in [0.25, 0.3) is 11.0 Å². The normalized spacial score (nSPS) is 15.8. The molecular formula is C25H33N7. The maximum atomic E-state index is 9.68. The van der Waals surface area contributed by atoms with E-state index in [0.717, 1.165) is 41.8 Å². The fourth-order valence-corrected chi connectivity index (χ4v) is 4.57. The van der Waals surface area contributed by atoms with Gasteiger partial charge in [-0.15, -0.1) is 0 Å². The molecule has 2 aromatic heterocycles. The number of nitrogens with zero attached hydrogens (tertiary/aromatic N) is 6. The number of piperidine rings is 1. The number of fused-ring (bicyclic) bond motifs is 1. The van der Waals surface area contributed by atoms with Crippen molar-refractivity contribution < 1.29 is 0 Å². The zero-order chi connectivity index (χ0) is 22.8. The van der Waals surface area contributed by atoms with Gasteiger partial charge in [0.1, 0.15) is 17.4 Å². The Morgan fingerprint density at radius 3 is 2.50 bits per heavy atom. The molecule has 4 rings (SSSR count). The lowest BCUT2D eigenvalue weighted by atomic mass is 10.0. The van der Waals surface area contributed by atoms with Gasteiger partial charge in [0.15, 0.2) is 0 Å². The Bertz CT molecular complexity index is 1120.